The minimum atomic E-state index is 0.0241. The second-order valence-electron chi connectivity index (χ2n) is 5.53. The predicted octanol–water partition coefficient (Wildman–Crippen LogP) is 1.04. The van der Waals surface area contributed by atoms with Gasteiger partial charge in [-0.25, -0.2) is 4.98 Å². The molecule has 2 saturated heterocycles. The summed E-state index contributed by atoms with van der Waals surface area (Å²) in [6.45, 7) is 2.47. The quantitative estimate of drug-likeness (QED) is 0.855. The molecule has 2 unspecified atom stereocenters. The van der Waals surface area contributed by atoms with Crippen molar-refractivity contribution >= 4 is 0 Å². The van der Waals surface area contributed by atoms with E-state index >= 15 is 0 Å². The van der Waals surface area contributed by atoms with Gasteiger partial charge in [-0.1, -0.05) is 0 Å². The van der Waals surface area contributed by atoms with Gasteiger partial charge in [-0.2, -0.15) is 5.10 Å². The summed E-state index contributed by atoms with van der Waals surface area (Å²) in [5, 5.41) is 10.3. The van der Waals surface area contributed by atoms with Crippen LogP contribution in [0.1, 0.15) is 37.5 Å². The van der Waals surface area contributed by atoms with Crippen LogP contribution in [0.25, 0.3) is 0 Å². The van der Waals surface area contributed by atoms with Gasteiger partial charge >= 0.3 is 0 Å². The van der Waals surface area contributed by atoms with Crippen LogP contribution in [0.2, 0.25) is 0 Å². The molecule has 1 aromatic heterocycles. The lowest BCUT2D eigenvalue weighted by Crippen LogP contribution is -2.46. The van der Waals surface area contributed by atoms with Crippen LogP contribution in [0.4, 0.5) is 0 Å². The van der Waals surface area contributed by atoms with Gasteiger partial charge in [0.05, 0.1) is 11.6 Å². The first kappa shape index (κ1) is 13.0. The first-order valence-corrected chi connectivity index (χ1v) is 7.07. The molecule has 0 saturated carbocycles. The van der Waals surface area contributed by atoms with Crippen molar-refractivity contribution in [2.24, 2.45) is 5.92 Å². The number of nitrogens with one attached hydrogen (secondary N) is 2. The predicted molar refractivity (Wildman–Crippen MR) is 69.6 cm³/mol. The Balaban J connectivity index is 1.73. The third kappa shape index (κ3) is 2.66. The summed E-state index contributed by atoms with van der Waals surface area (Å²) < 4.78 is 11.6. The van der Waals surface area contributed by atoms with Gasteiger partial charge in [0.1, 0.15) is 12.2 Å². The van der Waals surface area contributed by atoms with E-state index in [4.69, 9.17) is 9.47 Å². The third-order valence-corrected chi connectivity index (χ3v) is 4.45. The monoisotopic (exact) mass is 266 g/mol. The third-order valence-electron chi connectivity index (χ3n) is 4.45. The number of nitrogens with zero attached hydrogens (tertiary/aromatic N) is 2. The van der Waals surface area contributed by atoms with Crippen molar-refractivity contribution in [1.29, 1.82) is 0 Å². The Labute approximate surface area is 113 Å². The summed E-state index contributed by atoms with van der Waals surface area (Å²) >= 11 is 0. The van der Waals surface area contributed by atoms with Crippen LogP contribution in [0.3, 0.4) is 0 Å². The summed E-state index contributed by atoms with van der Waals surface area (Å²) in [5.74, 6) is 1.46. The minimum Gasteiger partial charge on any atom is -0.381 e. The maximum absolute atomic E-state index is 6.09. The fourth-order valence-electron chi connectivity index (χ4n) is 3.40. The SMILES string of the molecule is CNC(c1ncn[nH]1)C1CCOC2(CCOCC2)C1. The van der Waals surface area contributed by atoms with Crippen LogP contribution in [0, 0.1) is 5.92 Å². The summed E-state index contributed by atoms with van der Waals surface area (Å²) in [6.07, 6.45) is 5.73. The van der Waals surface area contributed by atoms with Gasteiger partial charge in [0, 0.05) is 19.8 Å². The standard InChI is InChI=1S/C13H22N4O2/c1-14-11(12-15-9-16-17-12)10-2-5-19-13(8-10)3-6-18-7-4-13/h9-11,14H,2-8H2,1H3,(H,15,16,17). The molecule has 2 aliphatic heterocycles. The van der Waals surface area contributed by atoms with Crippen molar-refractivity contribution in [3.63, 3.8) is 0 Å². The van der Waals surface area contributed by atoms with Crippen LogP contribution >= 0.6 is 0 Å². The maximum atomic E-state index is 6.09. The maximum Gasteiger partial charge on any atom is 0.141 e. The van der Waals surface area contributed by atoms with Gasteiger partial charge < -0.3 is 14.8 Å². The summed E-state index contributed by atoms with van der Waals surface area (Å²) in [7, 11) is 1.99. The van der Waals surface area contributed by atoms with Crippen LogP contribution in [0.5, 0.6) is 0 Å². The first-order valence-electron chi connectivity index (χ1n) is 7.07. The van der Waals surface area contributed by atoms with E-state index in [0.717, 1.165) is 51.3 Å². The minimum absolute atomic E-state index is 0.0241. The van der Waals surface area contributed by atoms with Gasteiger partial charge in [-0.15, -0.1) is 0 Å². The van der Waals surface area contributed by atoms with E-state index in [-0.39, 0.29) is 11.6 Å². The van der Waals surface area contributed by atoms with E-state index in [2.05, 4.69) is 20.5 Å². The molecule has 2 fully saturated rings. The molecule has 1 aromatic rings. The molecule has 6 heteroatoms. The average Bonchev–Trinajstić information content (AvgIpc) is 2.95. The number of aromatic nitrogens is 3. The van der Waals surface area contributed by atoms with Gasteiger partial charge in [-0.05, 0) is 38.6 Å². The van der Waals surface area contributed by atoms with E-state index < -0.39 is 0 Å². The van der Waals surface area contributed by atoms with Crippen LogP contribution in [-0.4, -0.2) is 47.7 Å². The lowest BCUT2D eigenvalue weighted by molar-refractivity contribution is -0.150. The molecular weight excluding hydrogens is 244 g/mol. The van der Waals surface area contributed by atoms with E-state index in [1.165, 1.54) is 0 Å². The van der Waals surface area contributed by atoms with Crippen LogP contribution < -0.4 is 5.32 Å². The molecule has 1 spiro atoms. The van der Waals surface area contributed by atoms with Crippen molar-refractivity contribution in [2.45, 2.75) is 37.3 Å². The summed E-state index contributed by atoms with van der Waals surface area (Å²) in [5.41, 5.74) is 0.0241. The molecular formula is C13H22N4O2. The molecule has 2 N–H and O–H groups in total. The normalized spacial score (nSPS) is 28.4. The largest absolute Gasteiger partial charge is 0.381 e. The molecule has 0 radical (unpaired) electrons. The molecule has 0 aromatic carbocycles. The highest BCUT2D eigenvalue weighted by molar-refractivity contribution is 4.99. The lowest BCUT2D eigenvalue weighted by atomic mass is 9.77. The first-order chi connectivity index (χ1) is 9.33. The van der Waals surface area contributed by atoms with Crippen molar-refractivity contribution in [3.8, 4) is 0 Å². The molecule has 0 aliphatic carbocycles. The highest BCUT2D eigenvalue weighted by atomic mass is 16.5. The summed E-state index contributed by atoms with van der Waals surface area (Å²) in [6, 6.07) is 0.228. The van der Waals surface area contributed by atoms with Crippen LogP contribution in [-0.2, 0) is 9.47 Å². The zero-order chi connectivity index (χ0) is 13.1. The highest BCUT2D eigenvalue weighted by Crippen LogP contribution is 2.41. The molecule has 2 atom stereocenters. The Morgan fingerprint density at radius 3 is 2.95 bits per heavy atom. The fraction of sp³-hybridized carbons (Fsp3) is 0.846. The smallest absolute Gasteiger partial charge is 0.141 e. The van der Waals surface area contributed by atoms with Gasteiger partial charge in [0.15, 0.2) is 0 Å². The fourth-order valence-corrected chi connectivity index (χ4v) is 3.40. The Kier molecular flexibility index (Phi) is 3.81. The van der Waals surface area contributed by atoms with Crippen molar-refractivity contribution in [2.75, 3.05) is 26.9 Å². The van der Waals surface area contributed by atoms with Crippen molar-refractivity contribution in [1.82, 2.24) is 20.5 Å². The highest BCUT2D eigenvalue weighted by Gasteiger charge is 2.41. The number of hydrogen-bond acceptors (Lipinski definition) is 5. The Hall–Kier alpha value is -0.980. The molecule has 2 aliphatic rings. The molecule has 6 nitrogen and oxygen atoms in total. The molecule has 3 heterocycles. The van der Waals surface area contributed by atoms with Crippen molar-refractivity contribution in [3.05, 3.63) is 12.2 Å². The number of rotatable bonds is 3. The van der Waals surface area contributed by atoms with E-state index in [0.29, 0.717) is 5.92 Å². The van der Waals surface area contributed by atoms with E-state index in [1.807, 2.05) is 7.05 Å². The molecule has 106 valence electrons. The zero-order valence-electron chi connectivity index (χ0n) is 11.4. The second-order valence-corrected chi connectivity index (χ2v) is 5.53. The average molecular weight is 266 g/mol. The Bertz CT molecular complexity index is 384. The zero-order valence-corrected chi connectivity index (χ0v) is 11.4. The number of ether oxygens (including phenoxy) is 2. The van der Waals surface area contributed by atoms with Crippen LogP contribution in [0.15, 0.2) is 6.33 Å². The Morgan fingerprint density at radius 1 is 1.42 bits per heavy atom. The van der Waals surface area contributed by atoms with Gasteiger partial charge in [0.2, 0.25) is 0 Å². The van der Waals surface area contributed by atoms with Crippen molar-refractivity contribution < 1.29 is 9.47 Å². The molecule has 0 amide bonds. The molecule has 3 rings (SSSR count). The number of hydrogen-bond donors (Lipinski definition) is 2. The van der Waals surface area contributed by atoms with Gasteiger partial charge in [-0.3, -0.25) is 5.10 Å². The number of aromatic amines is 1. The van der Waals surface area contributed by atoms with E-state index in [1.54, 1.807) is 6.33 Å². The Morgan fingerprint density at radius 2 is 2.26 bits per heavy atom. The van der Waals surface area contributed by atoms with E-state index in [9.17, 15) is 0 Å². The lowest BCUT2D eigenvalue weighted by Gasteiger charge is -2.44. The summed E-state index contributed by atoms with van der Waals surface area (Å²) in [4.78, 5) is 4.30. The molecule has 19 heavy (non-hydrogen) atoms. The molecule has 0 bridgehead atoms. The number of H-pyrrole nitrogens is 1. The van der Waals surface area contributed by atoms with Gasteiger partial charge in [0.25, 0.3) is 0 Å². The second kappa shape index (κ2) is 5.56. The topological polar surface area (TPSA) is 72.1 Å².